The van der Waals surface area contributed by atoms with Crippen molar-refractivity contribution in [3.8, 4) is 0 Å². The smallest absolute Gasteiger partial charge is 0.176 e. The van der Waals surface area contributed by atoms with E-state index in [-0.39, 0.29) is 12.3 Å². The molecule has 1 aromatic rings. The first-order chi connectivity index (χ1) is 5.24. The number of benzene rings is 1. The van der Waals surface area contributed by atoms with Gasteiger partial charge in [0.2, 0.25) is 0 Å². The highest BCUT2D eigenvalue weighted by Crippen LogP contribution is 2.11. The van der Waals surface area contributed by atoms with Crippen molar-refractivity contribution in [3.63, 3.8) is 0 Å². The predicted molar refractivity (Wildman–Crippen MR) is 47.5 cm³/mol. The average Bonchev–Trinajstić information content (AvgIpc) is 2.03. The standard InChI is InChI=1S/C8H8BrNO/c9-7-3-1-2-6(4-7)8(11)5-10/h1-4H,5,10H2. The number of carbonyl (C=O) groups is 1. The molecule has 1 aromatic carbocycles. The normalized spacial score (nSPS) is 9.64. The van der Waals surface area contributed by atoms with Crippen LogP contribution in [0.15, 0.2) is 28.7 Å². The van der Waals surface area contributed by atoms with Gasteiger partial charge in [-0.25, -0.2) is 0 Å². The lowest BCUT2D eigenvalue weighted by atomic mass is 10.1. The van der Waals surface area contributed by atoms with Crippen molar-refractivity contribution in [2.45, 2.75) is 0 Å². The molecule has 0 amide bonds. The number of ketones is 1. The molecule has 0 unspecified atom stereocenters. The molecule has 0 radical (unpaired) electrons. The van der Waals surface area contributed by atoms with Gasteiger partial charge in [0, 0.05) is 10.0 Å². The highest BCUT2D eigenvalue weighted by Gasteiger charge is 2.01. The van der Waals surface area contributed by atoms with Crippen molar-refractivity contribution >= 4 is 21.7 Å². The molecule has 0 aliphatic heterocycles. The number of halogens is 1. The molecule has 0 saturated carbocycles. The van der Waals surface area contributed by atoms with Crippen LogP contribution >= 0.6 is 15.9 Å². The molecule has 0 bridgehead atoms. The summed E-state index contributed by atoms with van der Waals surface area (Å²) in [7, 11) is 0. The third-order valence-corrected chi connectivity index (χ3v) is 1.83. The minimum atomic E-state index is -0.0358. The van der Waals surface area contributed by atoms with E-state index in [1.807, 2.05) is 12.1 Å². The van der Waals surface area contributed by atoms with Gasteiger partial charge in [0.15, 0.2) is 5.78 Å². The lowest BCUT2D eigenvalue weighted by Crippen LogP contribution is -2.13. The fraction of sp³-hybridized carbons (Fsp3) is 0.125. The van der Waals surface area contributed by atoms with Gasteiger partial charge in [-0.05, 0) is 12.1 Å². The molecule has 0 saturated heterocycles. The average molecular weight is 214 g/mol. The third kappa shape index (κ3) is 2.13. The van der Waals surface area contributed by atoms with Gasteiger partial charge in [-0.2, -0.15) is 0 Å². The molecular weight excluding hydrogens is 206 g/mol. The Morgan fingerprint density at radius 1 is 1.55 bits per heavy atom. The van der Waals surface area contributed by atoms with Crippen LogP contribution in [0.4, 0.5) is 0 Å². The summed E-state index contributed by atoms with van der Waals surface area (Å²) >= 11 is 3.27. The SMILES string of the molecule is NCC(=O)c1cccc(Br)c1. The monoisotopic (exact) mass is 213 g/mol. The molecule has 0 aromatic heterocycles. The summed E-state index contributed by atoms with van der Waals surface area (Å²) in [5, 5.41) is 0. The van der Waals surface area contributed by atoms with Gasteiger partial charge in [0.25, 0.3) is 0 Å². The zero-order valence-corrected chi connectivity index (χ0v) is 7.47. The number of carbonyl (C=O) groups excluding carboxylic acids is 1. The van der Waals surface area contributed by atoms with E-state index in [2.05, 4.69) is 15.9 Å². The minimum Gasteiger partial charge on any atom is -0.324 e. The van der Waals surface area contributed by atoms with Gasteiger partial charge in [-0.15, -0.1) is 0 Å². The van der Waals surface area contributed by atoms with Crippen LogP contribution in [0.25, 0.3) is 0 Å². The molecule has 3 heteroatoms. The maximum absolute atomic E-state index is 11.0. The Balaban J connectivity index is 2.96. The first-order valence-corrected chi connectivity index (χ1v) is 4.02. The second kappa shape index (κ2) is 3.64. The number of hydrogen-bond donors (Lipinski definition) is 1. The molecule has 11 heavy (non-hydrogen) atoms. The number of Topliss-reactive ketones (excluding diaryl/α,β-unsaturated/α-hetero) is 1. The predicted octanol–water partition coefficient (Wildman–Crippen LogP) is 1.59. The van der Waals surface area contributed by atoms with E-state index in [9.17, 15) is 4.79 Å². The van der Waals surface area contributed by atoms with E-state index in [0.29, 0.717) is 5.56 Å². The van der Waals surface area contributed by atoms with Gasteiger partial charge in [0.1, 0.15) is 0 Å². The molecule has 0 aliphatic carbocycles. The van der Waals surface area contributed by atoms with Crippen LogP contribution in [0.3, 0.4) is 0 Å². The molecule has 0 fully saturated rings. The maximum atomic E-state index is 11.0. The summed E-state index contributed by atoms with van der Waals surface area (Å²) in [4.78, 5) is 11.0. The highest BCUT2D eigenvalue weighted by atomic mass is 79.9. The topological polar surface area (TPSA) is 43.1 Å². The van der Waals surface area contributed by atoms with Gasteiger partial charge < -0.3 is 5.73 Å². The van der Waals surface area contributed by atoms with Gasteiger partial charge in [-0.1, -0.05) is 28.1 Å². The molecule has 2 N–H and O–H groups in total. The van der Waals surface area contributed by atoms with Gasteiger partial charge >= 0.3 is 0 Å². The Hall–Kier alpha value is -0.670. The van der Waals surface area contributed by atoms with E-state index in [1.54, 1.807) is 12.1 Å². The first-order valence-electron chi connectivity index (χ1n) is 3.23. The molecule has 0 heterocycles. The lowest BCUT2D eigenvalue weighted by Gasteiger charge is -1.96. The van der Waals surface area contributed by atoms with Crippen LogP contribution in [0.1, 0.15) is 10.4 Å². The van der Waals surface area contributed by atoms with E-state index < -0.39 is 0 Å². The molecule has 0 aliphatic rings. The van der Waals surface area contributed by atoms with Crippen LogP contribution in [0, 0.1) is 0 Å². The Kier molecular flexibility index (Phi) is 2.79. The van der Waals surface area contributed by atoms with E-state index in [0.717, 1.165) is 4.47 Å². The van der Waals surface area contributed by atoms with Crippen LogP contribution in [0.5, 0.6) is 0 Å². The van der Waals surface area contributed by atoms with E-state index in [4.69, 9.17) is 5.73 Å². The van der Waals surface area contributed by atoms with Crippen LogP contribution in [0.2, 0.25) is 0 Å². The summed E-state index contributed by atoms with van der Waals surface area (Å²) < 4.78 is 0.900. The summed E-state index contributed by atoms with van der Waals surface area (Å²) in [6.07, 6.45) is 0. The zero-order chi connectivity index (χ0) is 8.27. The van der Waals surface area contributed by atoms with Crippen molar-refractivity contribution in [3.05, 3.63) is 34.3 Å². The molecule has 1 rings (SSSR count). The summed E-state index contributed by atoms with van der Waals surface area (Å²) in [6.45, 7) is 0.0659. The Morgan fingerprint density at radius 3 is 2.82 bits per heavy atom. The highest BCUT2D eigenvalue weighted by molar-refractivity contribution is 9.10. The lowest BCUT2D eigenvalue weighted by molar-refractivity contribution is 0.100. The van der Waals surface area contributed by atoms with E-state index in [1.165, 1.54) is 0 Å². The van der Waals surface area contributed by atoms with Crippen molar-refractivity contribution in [2.24, 2.45) is 5.73 Å². The number of hydrogen-bond acceptors (Lipinski definition) is 2. The maximum Gasteiger partial charge on any atom is 0.176 e. The molecule has 0 spiro atoms. The van der Waals surface area contributed by atoms with Gasteiger partial charge in [-0.3, -0.25) is 4.79 Å². The van der Waals surface area contributed by atoms with Crippen molar-refractivity contribution in [2.75, 3.05) is 6.54 Å². The quantitative estimate of drug-likeness (QED) is 0.759. The Bertz CT molecular complexity index is 273. The second-order valence-electron chi connectivity index (χ2n) is 2.14. The number of nitrogens with two attached hydrogens (primary N) is 1. The zero-order valence-electron chi connectivity index (χ0n) is 5.88. The largest absolute Gasteiger partial charge is 0.324 e. The van der Waals surface area contributed by atoms with E-state index >= 15 is 0 Å². The summed E-state index contributed by atoms with van der Waals surface area (Å²) in [5.74, 6) is -0.0358. The molecule has 58 valence electrons. The fourth-order valence-corrected chi connectivity index (χ4v) is 1.18. The molecule has 0 atom stereocenters. The Labute approximate surface area is 73.5 Å². The van der Waals surface area contributed by atoms with Crippen molar-refractivity contribution in [1.29, 1.82) is 0 Å². The Morgan fingerprint density at radius 2 is 2.27 bits per heavy atom. The minimum absolute atomic E-state index is 0.0358. The van der Waals surface area contributed by atoms with Crippen LogP contribution < -0.4 is 5.73 Å². The van der Waals surface area contributed by atoms with Crippen molar-refractivity contribution in [1.82, 2.24) is 0 Å². The molecular formula is C8H8BrNO. The summed E-state index contributed by atoms with van der Waals surface area (Å²) in [5.41, 5.74) is 5.84. The van der Waals surface area contributed by atoms with Gasteiger partial charge in [0.05, 0.1) is 6.54 Å². The van der Waals surface area contributed by atoms with Crippen LogP contribution in [-0.2, 0) is 0 Å². The second-order valence-corrected chi connectivity index (χ2v) is 3.05. The number of rotatable bonds is 2. The molecule has 2 nitrogen and oxygen atoms in total. The van der Waals surface area contributed by atoms with Crippen molar-refractivity contribution < 1.29 is 4.79 Å². The third-order valence-electron chi connectivity index (χ3n) is 1.33. The fourth-order valence-electron chi connectivity index (χ4n) is 0.780. The summed E-state index contributed by atoms with van der Waals surface area (Å²) in [6, 6.07) is 7.19. The first kappa shape index (κ1) is 8.43. The van der Waals surface area contributed by atoms with Crippen LogP contribution in [-0.4, -0.2) is 12.3 Å².